The second-order valence-corrected chi connectivity index (χ2v) is 5.06. The van der Waals surface area contributed by atoms with E-state index < -0.39 is 24.0 Å². The molecule has 0 spiro atoms. The molecule has 1 heterocycles. The molecule has 0 aliphatic rings. The summed E-state index contributed by atoms with van der Waals surface area (Å²) in [6, 6.07) is 5.81. The average molecular weight is 307 g/mol. The van der Waals surface area contributed by atoms with E-state index in [1.54, 1.807) is 6.20 Å². The number of aromatic nitrogens is 1. The molecule has 1 aromatic heterocycles. The van der Waals surface area contributed by atoms with E-state index in [0.29, 0.717) is 0 Å². The van der Waals surface area contributed by atoms with Gasteiger partial charge in [0.25, 0.3) is 0 Å². The van der Waals surface area contributed by atoms with E-state index in [-0.39, 0.29) is 12.2 Å². The van der Waals surface area contributed by atoms with Crippen LogP contribution in [0.15, 0.2) is 30.5 Å². The molecule has 0 aliphatic heterocycles. The van der Waals surface area contributed by atoms with Gasteiger partial charge in [0.2, 0.25) is 0 Å². The number of carbonyl (C=O) groups excluding carboxylic acids is 2. The zero-order chi connectivity index (χ0) is 15.4. The van der Waals surface area contributed by atoms with Crippen LogP contribution in [0.3, 0.4) is 0 Å². The van der Waals surface area contributed by atoms with Gasteiger partial charge in [-0.2, -0.15) is 12.6 Å². The van der Waals surface area contributed by atoms with Gasteiger partial charge in [0.05, 0.1) is 0 Å². The Kier molecular flexibility index (Phi) is 5.00. The van der Waals surface area contributed by atoms with E-state index in [9.17, 15) is 9.59 Å². The van der Waals surface area contributed by atoms with Gasteiger partial charge in [0.15, 0.2) is 0 Å². The molecule has 5 N–H and O–H groups in total. The fourth-order valence-electron chi connectivity index (χ4n) is 1.95. The van der Waals surface area contributed by atoms with Crippen LogP contribution in [0, 0.1) is 0 Å². The third-order valence-electron chi connectivity index (χ3n) is 3.12. The average Bonchev–Trinajstić information content (AvgIpc) is 2.89. The van der Waals surface area contributed by atoms with Crippen LogP contribution in [0.1, 0.15) is 5.56 Å². The summed E-state index contributed by atoms with van der Waals surface area (Å²) < 4.78 is 4.64. The number of benzene rings is 1. The highest BCUT2D eigenvalue weighted by molar-refractivity contribution is 7.80. The molecule has 2 rings (SSSR count). The van der Waals surface area contributed by atoms with Crippen LogP contribution in [0.25, 0.3) is 10.9 Å². The SMILES string of the molecule is N[C@@H](CS)C(=O)OC(=O)[C@@H](N)Cc1c[nH]c2ccccc12. The molecular weight excluding hydrogens is 290 g/mol. The van der Waals surface area contributed by atoms with Gasteiger partial charge in [-0.25, -0.2) is 9.59 Å². The second kappa shape index (κ2) is 6.75. The number of esters is 2. The normalized spacial score (nSPS) is 13.9. The number of fused-ring (bicyclic) bond motifs is 1. The minimum Gasteiger partial charge on any atom is -0.391 e. The highest BCUT2D eigenvalue weighted by Crippen LogP contribution is 2.18. The maximum atomic E-state index is 11.8. The molecule has 0 saturated heterocycles. The third kappa shape index (κ3) is 3.63. The van der Waals surface area contributed by atoms with Crippen LogP contribution < -0.4 is 11.5 Å². The summed E-state index contributed by atoms with van der Waals surface area (Å²) in [6.07, 6.45) is 2.06. The minimum absolute atomic E-state index is 0.101. The smallest absolute Gasteiger partial charge is 0.331 e. The van der Waals surface area contributed by atoms with Crippen molar-refractivity contribution < 1.29 is 14.3 Å². The van der Waals surface area contributed by atoms with Crippen molar-refractivity contribution in [1.29, 1.82) is 0 Å². The first-order valence-corrected chi connectivity index (χ1v) is 7.08. The number of nitrogens with one attached hydrogen (secondary N) is 1. The quantitative estimate of drug-likeness (QED) is 0.362. The molecule has 0 bridgehead atoms. The van der Waals surface area contributed by atoms with Crippen molar-refractivity contribution in [3.8, 4) is 0 Å². The van der Waals surface area contributed by atoms with Crippen LogP contribution >= 0.6 is 12.6 Å². The molecule has 21 heavy (non-hydrogen) atoms. The van der Waals surface area contributed by atoms with Gasteiger partial charge in [-0.3, -0.25) is 0 Å². The largest absolute Gasteiger partial charge is 0.391 e. The molecule has 0 saturated carbocycles. The fourth-order valence-corrected chi connectivity index (χ4v) is 2.09. The summed E-state index contributed by atoms with van der Waals surface area (Å²) in [4.78, 5) is 26.3. The van der Waals surface area contributed by atoms with Gasteiger partial charge in [-0.1, -0.05) is 18.2 Å². The number of thiol groups is 1. The van der Waals surface area contributed by atoms with Crippen molar-refractivity contribution in [3.05, 3.63) is 36.0 Å². The number of hydrogen-bond acceptors (Lipinski definition) is 6. The van der Waals surface area contributed by atoms with Gasteiger partial charge < -0.3 is 21.2 Å². The highest BCUT2D eigenvalue weighted by Gasteiger charge is 2.23. The monoisotopic (exact) mass is 307 g/mol. The molecule has 0 unspecified atom stereocenters. The zero-order valence-electron chi connectivity index (χ0n) is 11.3. The van der Waals surface area contributed by atoms with E-state index in [0.717, 1.165) is 16.5 Å². The summed E-state index contributed by atoms with van der Waals surface area (Å²) in [5.74, 6) is -1.50. The van der Waals surface area contributed by atoms with Crippen molar-refractivity contribution in [2.24, 2.45) is 11.5 Å². The predicted molar refractivity (Wildman–Crippen MR) is 82.9 cm³/mol. The van der Waals surface area contributed by atoms with Gasteiger partial charge in [-0.15, -0.1) is 0 Å². The summed E-state index contributed by atoms with van der Waals surface area (Å²) in [7, 11) is 0. The fraction of sp³-hybridized carbons (Fsp3) is 0.286. The number of para-hydroxylation sites is 1. The first-order chi connectivity index (χ1) is 10.0. The Morgan fingerprint density at radius 2 is 1.86 bits per heavy atom. The summed E-state index contributed by atoms with van der Waals surface area (Å²) >= 11 is 3.87. The van der Waals surface area contributed by atoms with E-state index in [2.05, 4.69) is 22.3 Å². The number of nitrogens with two attached hydrogens (primary N) is 2. The molecule has 2 aromatic rings. The standard InChI is InChI=1S/C14H17N3O3S/c15-10(13(18)20-14(19)11(16)7-21)5-8-6-17-12-4-2-1-3-9(8)12/h1-4,6,10-11,17,21H,5,7,15-16H2/t10-,11-/m0/s1. The Morgan fingerprint density at radius 3 is 2.57 bits per heavy atom. The topological polar surface area (TPSA) is 111 Å². The van der Waals surface area contributed by atoms with E-state index in [1.807, 2.05) is 24.3 Å². The lowest BCUT2D eigenvalue weighted by molar-refractivity contribution is -0.161. The molecular formula is C14H17N3O3S. The van der Waals surface area contributed by atoms with Crippen LogP contribution in [0.2, 0.25) is 0 Å². The van der Waals surface area contributed by atoms with E-state index in [4.69, 9.17) is 11.5 Å². The number of ether oxygens (including phenoxy) is 1. The molecule has 2 atom stereocenters. The Bertz CT molecular complexity index is 656. The Hall–Kier alpha value is -1.83. The maximum absolute atomic E-state index is 11.8. The highest BCUT2D eigenvalue weighted by atomic mass is 32.1. The van der Waals surface area contributed by atoms with Crippen LogP contribution in [0.5, 0.6) is 0 Å². The number of rotatable bonds is 5. The van der Waals surface area contributed by atoms with Crippen molar-refractivity contribution in [2.75, 3.05) is 5.75 Å². The molecule has 112 valence electrons. The molecule has 0 amide bonds. The molecule has 1 aromatic carbocycles. The zero-order valence-corrected chi connectivity index (χ0v) is 12.2. The van der Waals surface area contributed by atoms with Crippen molar-refractivity contribution in [1.82, 2.24) is 4.98 Å². The minimum atomic E-state index is -0.933. The number of carbonyl (C=O) groups is 2. The first-order valence-electron chi connectivity index (χ1n) is 6.45. The third-order valence-corrected chi connectivity index (χ3v) is 3.51. The molecule has 7 heteroatoms. The van der Waals surface area contributed by atoms with Crippen LogP contribution in [-0.2, 0) is 20.7 Å². The first kappa shape index (κ1) is 15.6. The van der Waals surface area contributed by atoms with E-state index >= 15 is 0 Å². The number of aromatic amines is 1. The van der Waals surface area contributed by atoms with Gasteiger partial charge in [-0.05, 0) is 11.6 Å². The van der Waals surface area contributed by atoms with Crippen LogP contribution in [0.4, 0.5) is 0 Å². The summed E-state index contributed by atoms with van der Waals surface area (Å²) in [5.41, 5.74) is 13.1. The lowest BCUT2D eigenvalue weighted by Crippen LogP contribution is -2.41. The van der Waals surface area contributed by atoms with Crippen molar-refractivity contribution in [2.45, 2.75) is 18.5 Å². The predicted octanol–water partition coefficient (Wildman–Crippen LogP) is 0.365. The number of H-pyrrole nitrogens is 1. The lowest BCUT2D eigenvalue weighted by Gasteiger charge is -2.12. The Morgan fingerprint density at radius 1 is 1.19 bits per heavy atom. The van der Waals surface area contributed by atoms with Gasteiger partial charge >= 0.3 is 11.9 Å². The second-order valence-electron chi connectivity index (χ2n) is 4.70. The maximum Gasteiger partial charge on any atom is 0.331 e. The van der Waals surface area contributed by atoms with Gasteiger partial charge in [0, 0.05) is 29.3 Å². The molecule has 0 fully saturated rings. The molecule has 0 radical (unpaired) electrons. The Balaban J connectivity index is 2.02. The summed E-state index contributed by atoms with van der Waals surface area (Å²) in [6.45, 7) is 0. The van der Waals surface area contributed by atoms with Crippen molar-refractivity contribution >= 4 is 35.5 Å². The Labute approximate surface area is 127 Å². The molecule has 0 aliphatic carbocycles. The summed E-state index contributed by atoms with van der Waals surface area (Å²) in [5, 5.41) is 0.985. The van der Waals surface area contributed by atoms with E-state index in [1.165, 1.54) is 0 Å². The van der Waals surface area contributed by atoms with Crippen molar-refractivity contribution in [3.63, 3.8) is 0 Å². The van der Waals surface area contributed by atoms with Gasteiger partial charge in [0.1, 0.15) is 12.1 Å². The number of hydrogen-bond donors (Lipinski definition) is 4. The van der Waals surface area contributed by atoms with Crippen LogP contribution in [-0.4, -0.2) is 34.8 Å². The molecule has 6 nitrogen and oxygen atoms in total. The lowest BCUT2D eigenvalue weighted by atomic mass is 10.1.